The van der Waals surface area contributed by atoms with E-state index >= 15 is 0 Å². The Morgan fingerprint density at radius 3 is 2.45 bits per heavy atom. The summed E-state index contributed by atoms with van der Waals surface area (Å²) in [5.41, 5.74) is 3.53. The molecule has 0 saturated carbocycles. The molecule has 106 valence electrons. The molecule has 20 heavy (non-hydrogen) atoms. The molecule has 0 aliphatic heterocycles. The molecule has 1 heterocycles. The molecule has 1 aromatic carbocycles. The van der Waals surface area contributed by atoms with Crippen LogP contribution in [-0.2, 0) is 6.42 Å². The summed E-state index contributed by atoms with van der Waals surface area (Å²) in [5, 5.41) is 6.64. The van der Waals surface area contributed by atoms with E-state index in [0.717, 1.165) is 36.1 Å². The van der Waals surface area contributed by atoms with Crippen LogP contribution in [0, 0.1) is 13.8 Å². The molecule has 0 aliphatic carbocycles. The molecule has 4 heteroatoms. The maximum absolute atomic E-state index is 4.54. The van der Waals surface area contributed by atoms with Crippen molar-refractivity contribution in [3.63, 3.8) is 0 Å². The fourth-order valence-electron chi connectivity index (χ4n) is 2.00. The highest BCUT2D eigenvalue weighted by Crippen LogP contribution is 2.22. The number of rotatable bonds is 5. The van der Waals surface area contributed by atoms with Crippen LogP contribution in [0.15, 0.2) is 24.3 Å². The van der Waals surface area contributed by atoms with Crippen molar-refractivity contribution >= 4 is 17.3 Å². The summed E-state index contributed by atoms with van der Waals surface area (Å²) in [6, 6.07) is 8.31. The molecular weight excluding hydrogens is 248 g/mol. The second-order valence-electron chi connectivity index (χ2n) is 4.88. The van der Waals surface area contributed by atoms with E-state index in [-0.39, 0.29) is 0 Å². The fourth-order valence-corrected chi connectivity index (χ4v) is 2.00. The zero-order chi connectivity index (χ0) is 14.5. The number of benzene rings is 1. The van der Waals surface area contributed by atoms with E-state index in [0.29, 0.717) is 0 Å². The van der Waals surface area contributed by atoms with Crippen LogP contribution in [0.25, 0.3) is 0 Å². The summed E-state index contributed by atoms with van der Waals surface area (Å²) in [7, 11) is 0. The Bertz CT molecular complexity index is 593. The van der Waals surface area contributed by atoms with Gasteiger partial charge in [-0.2, -0.15) is 0 Å². The van der Waals surface area contributed by atoms with Crippen molar-refractivity contribution in [2.45, 2.75) is 34.1 Å². The van der Waals surface area contributed by atoms with Gasteiger partial charge in [0.25, 0.3) is 0 Å². The average Bonchev–Trinajstić information content (AvgIpc) is 2.43. The third kappa shape index (κ3) is 3.47. The number of anilines is 3. The van der Waals surface area contributed by atoms with Crippen LogP contribution in [0.4, 0.5) is 17.3 Å². The lowest BCUT2D eigenvalue weighted by molar-refractivity contribution is 0.939. The molecule has 0 amide bonds. The summed E-state index contributed by atoms with van der Waals surface area (Å²) >= 11 is 0. The number of aryl methyl sites for hydroxylation is 3. The smallest absolute Gasteiger partial charge is 0.136 e. The normalized spacial score (nSPS) is 10.4. The zero-order valence-electron chi connectivity index (χ0n) is 12.6. The Morgan fingerprint density at radius 2 is 1.75 bits per heavy atom. The van der Waals surface area contributed by atoms with Crippen LogP contribution >= 0.6 is 0 Å². The molecule has 0 unspecified atom stereocenters. The molecule has 0 saturated heterocycles. The first-order valence-electron chi connectivity index (χ1n) is 7.08. The maximum Gasteiger partial charge on any atom is 0.136 e. The second-order valence-corrected chi connectivity index (χ2v) is 4.88. The van der Waals surface area contributed by atoms with E-state index in [1.165, 1.54) is 11.1 Å². The van der Waals surface area contributed by atoms with Crippen LogP contribution in [-0.4, -0.2) is 16.5 Å². The van der Waals surface area contributed by atoms with Gasteiger partial charge >= 0.3 is 0 Å². The molecule has 4 nitrogen and oxygen atoms in total. The highest BCUT2D eigenvalue weighted by Gasteiger charge is 2.05. The third-order valence-corrected chi connectivity index (χ3v) is 3.10. The van der Waals surface area contributed by atoms with Gasteiger partial charge in [-0.3, -0.25) is 0 Å². The number of nitrogens with one attached hydrogen (secondary N) is 2. The number of hydrogen-bond acceptors (Lipinski definition) is 4. The van der Waals surface area contributed by atoms with Crippen molar-refractivity contribution in [2.24, 2.45) is 0 Å². The molecule has 0 aliphatic rings. The van der Waals surface area contributed by atoms with Gasteiger partial charge in [0.2, 0.25) is 0 Å². The quantitative estimate of drug-likeness (QED) is 0.867. The average molecular weight is 270 g/mol. The Balaban J connectivity index is 2.32. The predicted octanol–water partition coefficient (Wildman–Crippen LogP) is 3.83. The van der Waals surface area contributed by atoms with Gasteiger partial charge in [0.05, 0.1) is 0 Å². The molecule has 2 aromatic rings. The minimum absolute atomic E-state index is 0.820. The van der Waals surface area contributed by atoms with Gasteiger partial charge < -0.3 is 10.6 Å². The minimum atomic E-state index is 0.820. The summed E-state index contributed by atoms with van der Waals surface area (Å²) in [6.45, 7) is 9.16. The molecule has 2 N–H and O–H groups in total. The highest BCUT2D eigenvalue weighted by molar-refractivity contribution is 5.63. The second kappa shape index (κ2) is 6.37. The molecule has 0 radical (unpaired) electrons. The third-order valence-electron chi connectivity index (χ3n) is 3.10. The number of nitrogens with zero attached hydrogens (tertiary/aromatic N) is 2. The fraction of sp³-hybridized carbons (Fsp3) is 0.375. The van der Waals surface area contributed by atoms with Crippen molar-refractivity contribution in [2.75, 3.05) is 17.2 Å². The number of hydrogen-bond donors (Lipinski definition) is 2. The Morgan fingerprint density at radius 1 is 1.00 bits per heavy atom. The Kier molecular flexibility index (Phi) is 4.56. The molecule has 2 rings (SSSR count). The zero-order valence-corrected chi connectivity index (χ0v) is 12.6. The molecule has 0 bridgehead atoms. The van der Waals surface area contributed by atoms with Crippen molar-refractivity contribution in [3.8, 4) is 0 Å². The van der Waals surface area contributed by atoms with E-state index < -0.39 is 0 Å². The van der Waals surface area contributed by atoms with E-state index in [4.69, 9.17) is 0 Å². The topological polar surface area (TPSA) is 49.8 Å². The summed E-state index contributed by atoms with van der Waals surface area (Å²) in [6.07, 6.45) is 0.820. The Labute approximate surface area is 120 Å². The van der Waals surface area contributed by atoms with Crippen molar-refractivity contribution < 1.29 is 0 Å². The van der Waals surface area contributed by atoms with Crippen molar-refractivity contribution in [1.82, 2.24) is 9.97 Å². The van der Waals surface area contributed by atoms with Crippen LogP contribution in [0.3, 0.4) is 0 Å². The minimum Gasteiger partial charge on any atom is -0.370 e. The van der Waals surface area contributed by atoms with Crippen LogP contribution in [0.5, 0.6) is 0 Å². The van der Waals surface area contributed by atoms with Crippen LogP contribution < -0.4 is 10.6 Å². The van der Waals surface area contributed by atoms with Crippen LogP contribution in [0.2, 0.25) is 0 Å². The van der Waals surface area contributed by atoms with Gasteiger partial charge in [-0.05, 0) is 38.0 Å². The van der Waals surface area contributed by atoms with Gasteiger partial charge in [0.1, 0.15) is 17.5 Å². The predicted molar refractivity (Wildman–Crippen MR) is 84.8 cm³/mol. The monoisotopic (exact) mass is 270 g/mol. The standard InChI is InChI=1S/C16H22N4/c1-5-14-19-15(17-6-2)10-16(20-14)18-13-9-11(3)7-8-12(13)4/h7-10H,5-6H2,1-4H3,(H2,17,18,19,20). The summed E-state index contributed by atoms with van der Waals surface area (Å²) < 4.78 is 0. The summed E-state index contributed by atoms with van der Waals surface area (Å²) in [4.78, 5) is 9.00. The SMILES string of the molecule is CCNc1cc(Nc2cc(C)ccc2C)nc(CC)n1. The van der Waals surface area contributed by atoms with E-state index in [1.807, 2.05) is 6.07 Å². The molecular formula is C16H22N4. The van der Waals surface area contributed by atoms with Gasteiger partial charge in [-0.1, -0.05) is 19.1 Å². The van der Waals surface area contributed by atoms with E-state index in [2.05, 4.69) is 66.5 Å². The first-order valence-corrected chi connectivity index (χ1v) is 7.08. The first-order chi connectivity index (χ1) is 9.62. The largest absolute Gasteiger partial charge is 0.370 e. The van der Waals surface area contributed by atoms with Gasteiger partial charge in [0.15, 0.2) is 0 Å². The van der Waals surface area contributed by atoms with Crippen molar-refractivity contribution in [3.05, 3.63) is 41.2 Å². The van der Waals surface area contributed by atoms with Crippen LogP contribution in [0.1, 0.15) is 30.8 Å². The van der Waals surface area contributed by atoms with E-state index in [9.17, 15) is 0 Å². The lowest BCUT2D eigenvalue weighted by Crippen LogP contribution is -2.06. The summed E-state index contributed by atoms with van der Waals surface area (Å²) in [5.74, 6) is 2.55. The lowest BCUT2D eigenvalue weighted by atomic mass is 10.1. The molecule has 0 spiro atoms. The number of aromatic nitrogens is 2. The van der Waals surface area contributed by atoms with Gasteiger partial charge in [0, 0.05) is 24.7 Å². The highest BCUT2D eigenvalue weighted by atomic mass is 15.1. The van der Waals surface area contributed by atoms with E-state index in [1.54, 1.807) is 0 Å². The molecule has 0 fully saturated rings. The van der Waals surface area contributed by atoms with Gasteiger partial charge in [-0.25, -0.2) is 9.97 Å². The maximum atomic E-state index is 4.54. The van der Waals surface area contributed by atoms with Crippen molar-refractivity contribution in [1.29, 1.82) is 0 Å². The first kappa shape index (κ1) is 14.3. The molecule has 1 aromatic heterocycles. The Hall–Kier alpha value is -2.10. The van der Waals surface area contributed by atoms with Gasteiger partial charge in [-0.15, -0.1) is 0 Å². The molecule has 0 atom stereocenters. The lowest BCUT2D eigenvalue weighted by Gasteiger charge is -2.12.